The van der Waals surface area contributed by atoms with E-state index in [-0.39, 0.29) is 6.61 Å². The van der Waals surface area contributed by atoms with E-state index < -0.39 is 6.09 Å². The predicted molar refractivity (Wildman–Crippen MR) is 67.4 cm³/mol. The van der Waals surface area contributed by atoms with Gasteiger partial charge in [0.15, 0.2) is 0 Å². The average Bonchev–Trinajstić information content (AvgIpc) is 2.29. The molecule has 0 saturated carbocycles. The van der Waals surface area contributed by atoms with Crippen LogP contribution >= 0.6 is 15.9 Å². The summed E-state index contributed by atoms with van der Waals surface area (Å²) in [5, 5.41) is 2.66. The summed E-state index contributed by atoms with van der Waals surface area (Å²) in [5.74, 6) is 0. The van der Waals surface area contributed by atoms with Crippen molar-refractivity contribution in [3.8, 4) is 0 Å². The summed E-state index contributed by atoms with van der Waals surface area (Å²) in [6, 6.07) is 7.98. The van der Waals surface area contributed by atoms with E-state index >= 15 is 0 Å². The van der Waals surface area contributed by atoms with Gasteiger partial charge in [-0.1, -0.05) is 40.7 Å². The Morgan fingerprint density at radius 3 is 2.75 bits per heavy atom. The highest BCUT2D eigenvalue weighted by Crippen LogP contribution is 2.10. The standard InChI is InChI=1S/C12H14BrNO2/c1-2-9-16-12(15)14-8-7-10-3-5-11(13)6-4-10/h2-6H,1,7-9H2,(H,14,15). The first kappa shape index (κ1) is 12.8. The Kier molecular flexibility index (Phi) is 5.64. The van der Waals surface area contributed by atoms with Crippen molar-refractivity contribution in [1.82, 2.24) is 5.32 Å². The van der Waals surface area contributed by atoms with Crippen LogP contribution in [0.1, 0.15) is 5.56 Å². The normalized spacial score (nSPS) is 9.56. The fraction of sp³-hybridized carbons (Fsp3) is 0.250. The number of rotatable bonds is 5. The van der Waals surface area contributed by atoms with Gasteiger partial charge in [0.2, 0.25) is 0 Å². The maximum Gasteiger partial charge on any atom is 0.407 e. The molecule has 1 N–H and O–H groups in total. The summed E-state index contributed by atoms with van der Waals surface area (Å²) >= 11 is 3.37. The van der Waals surface area contributed by atoms with Crippen LogP contribution in [0.2, 0.25) is 0 Å². The van der Waals surface area contributed by atoms with Gasteiger partial charge in [0.1, 0.15) is 6.61 Å². The van der Waals surface area contributed by atoms with Gasteiger partial charge in [0.05, 0.1) is 0 Å². The second-order valence-electron chi connectivity index (χ2n) is 3.19. The number of halogens is 1. The summed E-state index contributed by atoms with van der Waals surface area (Å²) in [4.78, 5) is 11.1. The highest BCUT2D eigenvalue weighted by Gasteiger charge is 1.99. The number of carbonyl (C=O) groups is 1. The lowest BCUT2D eigenvalue weighted by atomic mass is 10.1. The molecule has 1 rings (SSSR count). The largest absolute Gasteiger partial charge is 0.445 e. The summed E-state index contributed by atoms with van der Waals surface area (Å²) < 4.78 is 5.82. The molecule has 0 bridgehead atoms. The third-order valence-corrected chi connectivity index (χ3v) is 2.46. The maximum atomic E-state index is 11.1. The lowest BCUT2D eigenvalue weighted by molar-refractivity contribution is 0.158. The topological polar surface area (TPSA) is 38.3 Å². The molecule has 1 aromatic rings. The second kappa shape index (κ2) is 7.06. The van der Waals surface area contributed by atoms with Gasteiger partial charge in [-0.15, -0.1) is 0 Å². The first-order valence-corrected chi connectivity index (χ1v) is 5.77. The molecule has 0 unspecified atom stereocenters. The third kappa shape index (κ3) is 4.98. The summed E-state index contributed by atoms with van der Waals surface area (Å²) in [6.45, 7) is 4.27. The lowest BCUT2D eigenvalue weighted by Gasteiger charge is -2.05. The number of nitrogens with one attached hydrogen (secondary N) is 1. The number of carbonyl (C=O) groups excluding carboxylic acids is 1. The van der Waals surface area contributed by atoms with Crippen molar-refractivity contribution in [3.63, 3.8) is 0 Å². The van der Waals surface area contributed by atoms with Crippen molar-refractivity contribution in [2.45, 2.75) is 6.42 Å². The molecule has 0 radical (unpaired) electrons. The number of amides is 1. The van der Waals surface area contributed by atoms with E-state index in [4.69, 9.17) is 4.74 Å². The van der Waals surface area contributed by atoms with E-state index in [0.717, 1.165) is 10.9 Å². The molecule has 0 spiro atoms. The second-order valence-corrected chi connectivity index (χ2v) is 4.11. The van der Waals surface area contributed by atoms with E-state index in [1.54, 1.807) is 0 Å². The first-order valence-electron chi connectivity index (χ1n) is 4.98. The molecule has 0 atom stereocenters. The van der Waals surface area contributed by atoms with E-state index in [2.05, 4.69) is 27.8 Å². The summed E-state index contributed by atoms with van der Waals surface area (Å²) in [7, 11) is 0. The Labute approximate surface area is 104 Å². The lowest BCUT2D eigenvalue weighted by Crippen LogP contribution is -2.26. The van der Waals surface area contributed by atoms with Gasteiger partial charge in [-0.25, -0.2) is 4.79 Å². The molecule has 0 fully saturated rings. The SMILES string of the molecule is C=CCOC(=O)NCCc1ccc(Br)cc1. The number of hydrogen-bond donors (Lipinski definition) is 1. The molecule has 4 heteroatoms. The van der Waals surface area contributed by atoms with Crippen LogP contribution in [-0.2, 0) is 11.2 Å². The molecule has 1 aromatic carbocycles. The summed E-state index contributed by atoms with van der Waals surface area (Å²) in [5.41, 5.74) is 1.17. The monoisotopic (exact) mass is 283 g/mol. The average molecular weight is 284 g/mol. The highest BCUT2D eigenvalue weighted by molar-refractivity contribution is 9.10. The molecule has 0 heterocycles. The molecule has 3 nitrogen and oxygen atoms in total. The van der Waals surface area contributed by atoms with Gasteiger partial charge in [0, 0.05) is 11.0 Å². The molecule has 0 aliphatic rings. The van der Waals surface area contributed by atoms with E-state index in [1.165, 1.54) is 11.6 Å². The minimum atomic E-state index is -0.406. The van der Waals surface area contributed by atoms with Crippen LogP contribution in [0, 0.1) is 0 Å². The van der Waals surface area contributed by atoms with Crippen LogP contribution in [-0.4, -0.2) is 19.2 Å². The Bertz CT molecular complexity index is 349. The van der Waals surface area contributed by atoms with Crippen molar-refractivity contribution in [1.29, 1.82) is 0 Å². The van der Waals surface area contributed by atoms with Crippen LogP contribution in [0.25, 0.3) is 0 Å². The molecular formula is C12H14BrNO2. The Morgan fingerprint density at radius 1 is 1.44 bits per heavy atom. The molecule has 0 aliphatic carbocycles. The minimum Gasteiger partial charge on any atom is -0.445 e. The zero-order chi connectivity index (χ0) is 11.8. The van der Waals surface area contributed by atoms with Crippen molar-refractivity contribution in [3.05, 3.63) is 47.0 Å². The molecule has 0 saturated heterocycles. The van der Waals surface area contributed by atoms with E-state index in [0.29, 0.717) is 6.54 Å². The number of alkyl carbamates (subject to hydrolysis) is 1. The smallest absolute Gasteiger partial charge is 0.407 e. The highest BCUT2D eigenvalue weighted by atomic mass is 79.9. The van der Waals surface area contributed by atoms with Crippen molar-refractivity contribution in [2.75, 3.05) is 13.2 Å². The van der Waals surface area contributed by atoms with Crippen LogP contribution < -0.4 is 5.32 Å². The molecule has 0 aliphatic heterocycles. The number of ether oxygens (including phenoxy) is 1. The minimum absolute atomic E-state index is 0.240. The molecule has 0 aromatic heterocycles. The van der Waals surface area contributed by atoms with Crippen molar-refractivity contribution in [2.24, 2.45) is 0 Å². The van der Waals surface area contributed by atoms with Crippen LogP contribution in [0.15, 0.2) is 41.4 Å². The zero-order valence-corrected chi connectivity index (χ0v) is 10.5. The van der Waals surface area contributed by atoms with Gasteiger partial charge < -0.3 is 10.1 Å². The van der Waals surface area contributed by atoms with Gasteiger partial charge in [-0.3, -0.25) is 0 Å². The van der Waals surface area contributed by atoms with Crippen molar-refractivity contribution < 1.29 is 9.53 Å². The third-order valence-electron chi connectivity index (χ3n) is 1.93. The molecule has 86 valence electrons. The Morgan fingerprint density at radius 2 is 2.12 bits per heavy atom. The van der Waals surface area contributed by atoms with Gasteiger partial charge in [-0.05, 0) is 24.1 Å². The predicted octanol–water partition coefficient (Wildman–Crippen LogP) is 2.90. The molecule has 16 heavy (non-hydrogen) atoms. The van der Waals surface area contributed by atoms with Crippen LogP contribution in [0.4, 0.5) is 4.79 Å². The fourth-order valence-electron chi connectivity index (χ4n) is 1.15. The Hall–Kier alpha value is -1.29. The summed E-state index contributed by atoms with van der Waals surface area (Å²) in [6.07, 6.45) is 1.92. The number of benzene rings is 1. The fourth-order valence-corrected chi connectivity index (χ4v) is 1.41. The maximum absolute atomic E-state index is 11.1. The molecule has 1 amide bonds. The quantitative estimate of drug-likeness (QED) is 0.844. The van der Waals surface area contributed by atoms with Crippen molar-refractivity contribution >= 4 is 22.0 Å². The molecular weight excluding hydrogens is 270 g/mol. The zero-order valence-electron chi connectivity index (χ0n) is 8.91. The van der Waals surface area contributed by atoms with Gasteiger partial charge in [0.25, 0.3) is 0 Å². The van der Waals surface area contributed by atoms with Gasteiger partial charge >= 0.3 is 6.09 Å². The first-order chi connectivity index (χ1) is 7.72. The van der Waals surface area contributed by atoms with E-state index in [9.17, 15) is 4.79 Å². The Balaban J connectivity index is 2.22. The number of hydrogen-bond acceptors (Lipinski definition) is 2. The van der Waals surface area contributed by atoms with Crippen LogP contribution in [0.5, 0.6) is 0 Å². The van der Waals surface area contributed by atoms with Crippen LogP contribution in [0.3, 0.4) is 0 Å². The van der Waals surface area contributed by atoms with Gasteiger partial charge in [-0.2, -0.15) is 0 Å². The van der Waals surface area contributed by atoms with E-state index in [1.807, 2.05) is 24.3 Å².